The number of carbonyl (C=O) groups excluding carboxylic acids is 1. The number of halogens is 2. The molecule has 1 amide bonds. The molecule has 0 saturated carbocycles. The van der Waals surface area contributed by atoms with Crippen LogP contribution in [0.15, 0.2) is 65.6 Å². The van der Waals surface area contributed by atoms with Crippen LogP contribution >= 0.6 is 23.2 Å². The van der Waals surface area contributed by atoms with Crippen molar-refractivity contribution >= 4 is 51.5 Å². The summed E-state index contributed by atoms with van der Waals surface area (Å²) in [7, 11) is 1.71. The van der Waals surface area contributed by atoms with Crippen LogP contribution in [0.1, 0.15) is 13.8 Å². The fourth-order valence-corrected chi connectivity index (χ4v) is 4.56. The summed E-state index contributed by atoms with van der Waals surface area (Å²) in [6, 6.07) is 16.2. The number of fused-ring (bicyclic) bond motifs is 1. The van der Waals surface area contributed by atoms with Crippen molar-refractivity contribution < 1.29 is 9.53 Å². The second kappa shape index (κ2) is 11.0. The highest BCUT2D eigenvalue weighted by atomic mass is 35.5. The Morgan fingerprint density at radius 1 is 1.11 bits per heavy atom. The molecule has 0 aliphatic rings. The van der Waals surface area contributed by atoms with Crippen molar-refractivity contribution in [3.05, 3.63) is 81.2 Å². The quantitative estimate of drug-likeness (QED) is 0.310. The Hall–Kier alpha value is -3.55. The number of nitrogens with zero attached hydrogens (tertiary/aromatic N) is 3. The predicted molar refractivity (Wildman–Crippen MR) is 146 cm³/mol. The van der Waals surface area contributed by atoms with Gasteiger partial charge in [0.15, 0.2) is 0 Å². The average molecular weight is 525 g/mol. The zero-order valence-corrected chi connectivity index (χ0v) is 21.7. The second-order valence-electron chi connectivity index (χ2n) is 8.24. The number of carbonyl (C=O) groups is 1. The molecule has 36 heavy (non-hydrogen) atoms. The molecule has 9 heteroatoms. The first-order chi connectivity index (χ1) is 17.3. The van der Waals surface area contributed by atoms with Gasteiger partial charge in [-0.05, 0) is 49.4 Å². The molecule has 0 aliphatic carbocycles. The smallest absolute Gasteiger partial charge is 0.258 e. The van der Waals surface area contributed by atoms with Gasteiger partial charge in [-0.25, -0.2) is 4.98 Å². The number of benzene rings is 2. The molecule has 0 saturated heterocycles. The van der Waals surface area contributed by atoms with Gasteiger partial charge in [-0.15, -0.1) is 0 Å². The van der Waals surface area contributed by atoms with Crippen LogP contribution < -0.4 is 15.6 Å². The lowest BCUT2D eigenvalue weighted by atomic mass is 10.1. The van der Waals surface area contributed by atoms with Crippen molar-refractivity contribution in [2.75, 3.05) is 25.0 Å². The van der Waals surface area contributed by atoms with E-state index in [-0.39, 0.29) is 11.5 Å². The molecule has 2 aromatic heterocycles. The van der Waals surface area contributed by atoms with Crippen molar-refractivity contribution in [2.24, 2.45) is 7.05 Å². The Morgan fingerprint density at radius 2 is 1.81 bits per heavy atom. The van der Waals surface area contributed by atoms with E-state index in [4.69, 9.17) is 27.9 Å². The predicted octanol–water partition coefficient (Wildman–Crippen LogP) is 5.90. The molecular weight excluding hydrogens is 499 g/mol. The van der Waals surface area contributed by atoms with Crippen molar-refractivity contribution in [1.29, 1.82) is 0 Å². The number of rotatable bonds is 8. The first kappa shape index (κ1) is 25.5. The maximum Gasteiger partial charge on any atom is 0.258 e. The molecule has 0 radical (unpaired) electrons. The van der Waals surface area contributed by atoms with Crippen LogP contribution in [0, 0.1) is 0 Å². The average Bonchev–Trinajstić information content (AvgIpc) is 2.86. The van der Waals surface area contributed by atoms with Crippen molar-refractivity contribution in [3.8, 4) is 16.9 Å². The van der Waals surface area contributed by atoms with Crippen LogP contribution in [-0.2, 0) is 11.8 Å². The van der Waals surface area contributed by atoms with Crippen LogP contribution in [0.3, 0.4) is 0 Å². The van der Waals surface area contributed by atoms with Crippen LogP contribution in [-0.4, -0.2) is 40.1 Å². The first-order valence-corrected chi connectivity index (χ1v) is 12.2. The van der Waals surface area contributed by atoms with Crippen LogP contribution in [0.4, 0.5) is 11.5 Å². The monoisotopic (exact) mass is 524 g/mol. The van der Waals surface area contributed by atoms with Crippen molar-refractivity contribution in [1.82, 2.24) is 14.5 Å². The van der Waals surface area contributed by atoms with Gasteiger partial charge in [-0.1, -0.05) is 29.3 Å². The molecule has 2 heterocycles. The van der Waals surface area contributed by atoms with Crippen molar-refractivity contribution in [2.45, 2.75) is 13.8 Å². The lowest BCUT2D eigenvalue weighted by molar-refractivity contribution is -0.129. The minimum atomic E-state index is -0.206. The summed E-state index contributed by atoms with van der Waals surface area (Å²) in [5.41, 5.74) is 2.26. The highest BCUT2D eigenvalue weighted by Gasteiger charge is 2.15. The van der Waals surface area contributed by atoms with Crippen LogP contribution in [0.2, 0.25) is 10.0 Å². The second-order valence-corrected chi connectivity index (χ2v) is 9.06. The number of likely N-dealkylation sites (N-methyl/N-ethyl adjacent to an activating group) is 1. The van der Waals surface area contributed by atoms with Gasteiger partial charge in [0.05, 0.1) is 27.7 Å². The summed E-state index contributed by atoms with van der Waals surface area (Å²) in [5, 5.41) is 4.87. The number of aromatic nitrogens is 2. The normalized spacial score (nSPS) is 10.9. The zero-order chi connectivity index (χ0) is 25.8. The third kappa shape index (κ3) is 5.48. The number of ether oxygens (including phenoxy) is 1. The number of nitrogens with one attached hydrogen (secondary N) is 1. The third-order valence-electron chi connectivity index (χ3n) is 5.92. The van der Waals surface area contributed by atoms with E-state index in [9.17, 15) is 9.59 Å². The number of hydrogen-bond donors (Lipinski definition) is 1. The lowest BCUT2D eigenvalue weighted by Crippen LogP contribution is -2.32. The van der Waals surface area contributed by atoms with Gasteiger partial charge in [-0.2, -0.15) is 0 Å². The standard InChI is InChI=1S/C27H26Cl2N4O3/c1-4-33(17(2)34)12-13-36-20-10-8-19(9-11-20)31-25-15-24-18(16-30-25)14-21(27(35)32(24)3)26-22(28)6-5-7-23(26)29/h5-11,14-16H,4,12-13H2,1-3H3,(H,30,31). The molecule has 186 valence electrons. The first-order valence-electron chi connectivity index (χ1n) is 11.5. The molecule has 0 bridgehead atoms. The van der Waals surface area contributed by atoms with Gasteiger partial charge in [0, 0.05) is 49.4 Å². The summed E-state index contributed by atoms with van der Waals surface area (Å²) in [4.78, 5) is 30.9. The molecule has 4 aromatic rings. The summed E-state index contributed by atoms with van der Waals surface area (Å²) in [5.74, 6) is 1.33. The van der Waals surface area contributed by atoms with Gasteiger partial charge in [0.2, 0.25) is 5.91 Å². The minimum absolute atomic E-state index is 0.0323. The molecule has 1 N–H and O–H groups in total. The minimum Gasteiger partial charge on any atom is -0.492 e. The summed E-state index contributed by atoms with van der Waals surface area (Å²) >= 11 is 12.7. The highest BCUT2D eigenvalue weighted by molar-refractivity contribution is 6.39. The van der Waals surface area contributed by atoms with E-state index in [2.05, 4.69) is 10.3 Å². The van der Waals surface area contributed by atoms with E-state index in [1.54, 1.807) is 53.9 Å². The fraction of sp³-hybridized carbons (Fsp3) is 0.222. The molecule has 4 rings (SSSR count). The molecule has 0 spiro atoms. The Labute approximate surface area is 219 Å². The fourth-order valence-electron chi connectivity index (χ4n) is 3.96. The van der Waals surface area contributed by atoms with E-state index in [0.29, 0.717) is 52.4 Å². The molecule has 0 unspecified atom stereocenters. The molecule has 0 aliphatic heterocycles. The largest absolute Gasteiger partial charge is 0.492 e. The zero-order valence-electron chi connectivity index (χ0n) is 20.2. The Bertz CT molecular complexity index is 1450. The molecule has 0 fully saturated rings. The van der Waals surface area contributed by atoms with Gasteiger partial charge < -0.3 is 19.5 Å². The van der Waals surface area contributed by atoms with E-state index in [0.717, 1.165) is 16.6 Å². The highest BCUT2D eigenvalue weighted by Crippen LogP contribution is 2.34. The topological polar surface area (TPSA) is 76.5 Å². The van der Waals surface area contributed by atoms with Gasteiger partial charge in [-0.3, -0.25) is 9.59 Å². The lowest BCUT2D eigenvalue weighted by Gasteiger charge is -2.19. The number of aryl methyl sites for hydroxylation is 1. The number of anilines is 2. The van der Waals surface area contributed by atoms with Crippen LogP contribution in [0.5, 0.6) is 5.75 Å². The molecule has 7 nitrogen and oxygen atoms in total. The molecule has 2 aromatic carbocycles. The van der Waals surface area contributed by atoms with E-state index < -0.39 is 0 Å². The van der Waals surface area contributed by atoms with E-state index in [1.807, 2.05) is 37.3 Å². The molecular formula is C27H26Cl2N4O3. The molecule has 0 atom stereocenters. The number of hydrogen-bond acceptors (Lipinski definition) is 5. The number of amides is 1. The maximum absolute atomic E-state index is 13.1. The Morgan fingerprint density at radius 3 is 2.44 bits per heavy atom. The third-order valence-corrected chi connectivity index (χ3v) is 6.55. The van der Waals surface area contributed by atoms with Gasteiger partial charge in [0.25, 0.3) is 5.56 Å². The van der Waals surface area contributed by atoms with Crippen molar-refractivity contribution in [3.63, 3.8) is 0 Å². The number of pyridine rings is 2. The maximum atomic E-state index is 13.1. The summed E-state index contributed by atoms with van der Waals surface area (Å²) < 4.78 is 7.31. The Kier molecular flexibility index (Phi) is 7.82. The van der Waals surface area contributed by atoms with E-state index >= 15 is 0 Å². The SMILES string of the molecule is CCN(CCOc1ccc(Nc2cc3c(cn2)cc(-c2c(Cl)cccc2Cl)c(=O)n3C)cc1)C(C)=O. The van der Waals surface area contributed by atoms with E-state index in [1.165, 1.54) is 0 Å². The van der Waals surface area contributed by atoms with Gasteiger partial charge >= 0.3 is 0 Å². The summed E-state index contributed by atoms with van der Waals surface area (Å²) in [6.07, 6.45) is 1.71. The summed E-state index contributed by atoms with van der Waals surface area (Å²) in [6.45, 7) is 5.10. The Balaban J connectivity index is 1.52. The van der Waals surface area contributed by atoms with Crippen LogP contribution in [0.25, 0.3) is 22.0 Å². The van der Waals surface area contributed by atoms with Gasteiger partial charge in [0.1, 0.15) is 18.2 Å².